The minimum absolute atomic E-state index is 0.0774. The van der Waals surface area contributed by atoms with Gasteiger partial charge in [-0.3, -0.25) is 14.9 Å². The van der Waals surface area contributed by atoms with E-state index in [0.717, 1.165) is 44.6 Å². The standard InChI is InChI=1S/C17H24N2O4/c1-2-3-4-5-6-7-8-9-10-17(21)18-15-13-14(19(22)23)11-12-16(15)20/h2,11-13,20H,1,3-10H2,(H,18,21). The van der Waals surface area contributed by atoms with Gasteiger partial charge in [0.15, 0.2) is 0 Å². The fraction of sp³-hybridized carbons (Fsp3) is 0.471. The first-order valence-electron chi connectivity index (χ1n) is 7.92. The zero-order valence-corrected chi connectivity index (χ0v) is 13.3. The van der Waals surface area contributed by atoms with Gasteiger partial charge in [0.1, 0.15) is 5.75 Å². The second-order valence-corrected chi connectivity index (χ2v) is 5.46. The number of non-ortho nitro benzene ring substituents is 1. The number of hydrogen-bond acceptors (Lipinski definition) is 4. The number of carbonyl (C=O) groups is 1. The number of unbranched alkanes of at least 4 members (excludes halogenated alkanes) is 6. The Morgan fingerprint density at radius 3 is 2.52 bits per heavy atom. The maximum atomic E-state index is 11.8. The van der Waals surface area contributed by atoms with E-state index < -0.39 is 4.92 Å². The summed E-state index contributed by atoms with van der Waals surface area (Å²) in [6.07, 6.45) is 9.65. The Bertz CT molecular complexity index is 543. The van der Waals surface area contributed by atoms with Crippen LogP contribution in [0.1, 0.15) is 51.4 Å². The number of nitro groups is 1. The largest absolute Gasteiger partial charge is 0.506 e. The summed E-state index contributed by atoms with van der Waals surface area (Å²) < 4.78 is 0. The normalized spacial score (nSPS) is 10.3. The molecule has 6 heteroatoms. The molecule has 0 atom stereocenters. The topological polar surface area (TPSA) is 92.5 Å². The van der Waals surface area contributed by atoms with Crippen molar-refractivity contribution in [3.05, 3.63) is 41.0 Å². The summed E-state index contributed by atoms with van der Waals surface area (Å²) in [4.78, 5) is 21.9. The van der Waals surface area contributed by atoms with Crippen LogP contribution in [0.2, 0.25) is 0 Å². The predicted molar refractivity (Wildman–Crippen MR) is 90.5 cm³/mol. The molecule has 23 heavy (non-hydrogen) atoms. The zero-order valence-electron chi connectivity index (χ0n) is 13.3. The Labute approximate surface area is 136 Å². The summed E-state index contributed by atoms with van der Waals surface area (Å²) in [5.74, 6) is -0.418. The fourth-order valence-corrected chi connectivity index (χ4v) is 2.23. The van der Waals surface area contributed by atoms with Crippen molar-refractivity contribution in [1.29, 1.82) is 0 Å². The second-order valence-electron chi connectivity index (χ2n) is 5.46. The third-order valence-corrected chi connectivity index (χ3v) is 3.53. The molecule has 0 aliphatic carbocycles. The van der Waals surface area contributed by atoms with Crippen molar-refractivity contribution in [1.82, 2.24) is 0 Å². The summed E-state index contributed by atoms with van der Waals surface area (Å²) in [5.41, 5.74) is -0.0914. The lowest BCUT2D eigenvalue weighted by molar-refractivity contribution is -0.384. The predicted octanol–water partition coefficient (Wildman–Crippen LogP) is 4.55. The van der Waals surface area contributed by atoms with E-state index in [1.807, 2.05) is 6.08 Å². The SMILES string of the molecule is C=CCCCCCCCCC(=O)Nc1cc([N+](=O)[O-])ccc1O. The molecule has 1 aromatic carbocycles. The third kappa shape index (κ3) is 7.44. The molecule has 6 nitrogen and oxygen atoms in total. The van der Waals surface area contributed by atoms with Gasteiger partial charge in [-0.05, 0) is 25.3 Å². The number of nitrogens with zero attached hydrogens (tertiary/aromatic N) is 1. The van der Waals surface area contributed by atoms with Gasteiger partial charge in [0.2, 0.25) is 5.91 Å². The van der Waals surface area contributed by atoms with Gasteiger partial charge in [0, 0.05) is 18.6 Å². The molecule has 1 amide bonds. The smallest absolute Gasteiger partial charge is 0.271 e. The molecule has 0 saturated heterocycles. The number of rotatable bonds is 11. The molecular weight excluding hydrogens is 296 g/mol. The maximum absolute atomic E-state index is 11.8. The van der Waals surface area contributed by atoms with Crippen LogP contribution in [0.25, 0.3) is 0 Å². The summed E-state index contributed by atoms with van der Waals surface area (Å²) in [7, 11) is 0. The number of phenols is 1. The lowest BCUT2D eigenvalue weighted by Gasteiger charge is -2.07. The molecule has 1 aromatic rings. The number of carbonyl (C=O) groups excluding carboxylic acids is 1. The van der Waals surface area contributed by atoms with Gasteiger partial charge in [0.05, 0.1) is 10.6 Å². The molecule has 0 radical (unpaired) electrons. The monoisotopic (exact) mass is 320 g/mol. The van der Waals surface area contributed by atoms with E-state index in [9.17, 15) is 20.0 Å². The summed E-state index contributed by atoms with van der Waals surface area (Å²) in [5, 5.41) is 22.8. The van der Waals surface area contributed by atoms with Crippen molar-refractivity contribution in [3.8, 4) is 5.75 Å². The average molecular weight is 320 g/mol. The van der Waals surface area contributed by atoms with Crippen LogP contribution in [0.3, 0.4) is 0 Å². The molecule has 0 aliphatic heterocycles. The Kier molecular flexibility index (Phi) is 8.42. The van der Waals surface area contributed by atoms with Crippen LogP contribution in [-0.4, -0.2) is 15.9 Å². The summed E-state index contributed by atoms with van der Waals surface area (Å²) in [6.45, 7) is 3.68. The van der Waals surface area contributed by atoms with Crippen LogP contribution in [0.4, 0.5) is 11.4 Å². The van der Waals surface area contributed by atoms with E-state index in [0.29, 0.717) is 6.42 Å². The average Bonchev–Trinajstić information content (AvgIpc) is 2.52. The first kappa shape index (κ1) is 18.7. The van der Waals surface area contributed by atoms with Gasteiger partial charge in [-0.2, -0.15) is 0 Å². The molecule has 0 fully saturated rings. The van der Waals surface area contributed by atoms with Crippen molar-refractivity contribution < 1.29 is 14.8 Å². The number of phenolic OH excluding ortho intramolecular Hbond substituents is 1. The number of aromatic hydroxyl groups is 1. The number of allylic oxidation sites excluding steroid dienone is 1. The fourth-order valence-electron chi connectivity index (χ4n) is 2.23. The molecule has 0 bridgehead atoms. The van der Waals surface area contributed by atoms with Crippen molar-refractivity contribution >= 4 is 17.3 Å². The molecule has 0 heterocycles. The molecule has 0 saturated carbocycles. The van der Waals surface area contributed by atoms with Gasteiger partial charge in [-0.15, -0.1) is 6.58 Å². The van der Waals surface area contributed by atoms with E-state index in [1.165, 1.54) is 18.6 Å². The molecule has 0 aromatic heterocycles. The van der Waals surface area contributed by atoms with Crippen LogP contribution in [-0.2, 0) is 4.79 Å². The maximum Gasteiger partial charge on any atom is 0.271 e. The van der Waals surface area contributed by atoms with Gasteiger partial charge in [0.25, 0.3) is 5.69 Å². The van der Waals surface area contributed by atoms with Crippen LogP contribution in [0.15, 0.2) is 30.9 Å². The van der Waals surface area contributed by atoms with Crippen LogP contribution >= 0.6 is 0 Å². The van der Waals surface area contributed by atoms with Gasteiger partial charge >= 0.3 is 0 Å². The Hall–Kier alpha value is -2.37. The minimum Gasteiger partial charge on any atom is -0.506 e. The molecule has 2 N–H and O–H groups in total. The molecule has 0 spiro atoms. The van der Waals surface area contributed by atoms with E-state index in [1.54, 1.807) is 0 Å². The third-order valence-electron chi connectivity index (χ3n) is 3.53. The van der Waals surface area contributed by atoms with Crippen molar-refractivity contribution in [3.63, 3.8) is 0 Å². The van der Waals surface area contributed by atoms with Gasteiger partial charge in [-0.25, -0.2) is 0 Å². The van der Waals surface area contributed by atoms with Crippen LogP contribution < -0.4 is 5.32 Å². The molecular formula is C17H24N2O4. The van der Waals surface area contributed by atoms with Crippen LogP contribution in [0, 0.1) is 10.1 Å². The van der Waals surface area contributed by atoms with E-state index in [2.05, 4.69) is 11.9 Å². The number of nitro benzene ring substituents is 1. The lowest BCUT2D eigenvalue weighted by atomic mass is 10.1. The van der Waals surface area contributed by atoms with E-state index >= 15 is 0 Å². The van der Waals surface area contributed by atoms with E-state index in [4.69, 9.17) is 0 Å². The highest BCUT2D eigenvalue weighted by molar-refractivity contribution is 5.92. The van der Waals surface area contributed by atoms with Crippen molar-refractivity contribution in [2.45, 2.75) is 51.4 Å². The first-order valence-corrected chi connectivity index (χ1v) is 7.92. The quantitative estimate of drug-likeness (QED) is 0.206. The summed E-state index contributed by atoms with van der Waals surface area (Å²) in [6, 6.07) is 3.56. The number of nitrogens with one attached hydrogen (secondary N) is 1. The van der Waals surface area contributed by atoms with Crippen molar-refractivity contribution in [2.24, 2.45) is 0 Å². The van der Waals surface area contributed by atoms with Crippen LogP contribution in [0.5, 0.6) is 5.75 Å². The first-order chi connectivity index (χ1) is 11.0. The second kappa shape index (κ2) is 10.4. The zero-order chi connectivity index (χ0) is 17.1. The Morgan fingerprint density at radius 1 is 1.22 bits per heavy atom. The number of benzene rings is 1. The minimum atomic E-state index is -0.568. The highest BCUT2D eigenvalue weighted by Gasteiger charge is 2.12. The number of anilines is 1. The summed E-state index contributed by atoms with van der Waals surface area (Å²) >= 11 is 0. The number of hydrogen-bond donors (Lipinski definition) is 2. The van der Waals surface area contributed by atoms with Gasteiger partial charge in [-0.1, -0.05) is 31.8 Å². The highest BCUT2D eigenvalue weighted by atomic mass is 16.6. The van der Waals surface area contributed by atoms with Gasteiger partial charge < -0.3 is 10.4 Å². The number of amides is 1. The lowest BCUT2D eigenvalue weighted by Crippen LogP contribution is -2.11. The Morgan fingerprint density at radius 2 is 1.87 bits per heavy atom. The Balaban J connectivity index is 2.27. The molecule has 0 unspecified atom stereocenters. The molecule has 1 rings (SSSR count). The van der Waals surface area contributed by atoms with E-state index in [-0.39, 0.29) is 23.0 Å². The molecule has 126 valence electrons. The van der Waals surface area contributed by atoms with Crippen molar-refractivity contribution in [2.75, 3.05) is 5.32 Å². The highest BCUT2D eigenvalue weighted by Crippen LogP contribution is 2.28. The molecule has 0 aliphatic rings.